The zero-order valence-corrected chi connectivity index (χ0v) is 18.1. The highest BCUT2D eigenvalue weighted by Crippen LogP contribution is 2.40. The second-order valence-electron chi connectivity index (χ2n) is 7.08. The number of alkyl halides is 3. The number of para-hydroxylation sites is 2. The molecule has 0 spiro atoms. The Morgan fingerprint density at radius 2 is 1.66 bits per heavy atom. The second-order valence-corrected chi connectivity index (χ2v) is 7.08. The van der Waals surface area contributed by atoms with Gasteiger partial charge in [0, 0.05) is 12.7 Å². The van der Waals surface area contributed by atoms with Crippen LogP contribution in [-0.2, 0) is 12.8 Å². The number of ether oxygens (including phenoxy) is 2. The van der Waals surface area contributed by atoms with Gasteiger partial charge in [0.15, 0.2) is 5.82 Å². The smallest absolute Gasteiger partial charge is 0.421 e. The topological polar surface area (TPSA) is 47.5 Å². The molecule has 0 saturated heterocycles. The van der Waals surface area contributed by atoms with Crippen LogP contribution in [0.3, 0.4) is 0 Å². The Balaban J connectivity index is 1.97. The van der Waals surface area contributed by atoms with Gasteiger partial charge in [-0.15, -0.1) is 0 Å². The van der Waals surface area contributed by atoms with Crippen LogP contribution in [0.15, 0.2) is 60.8 Å². The van der Waals surface area contributed by atoms with Gasteiger partial charge in [-0.25, -0.2) is 4.98 Å². The van der Waals surface area contributed by atoms with E-state index >= 15 is 0 Å². The maximum atomic E-state index is 13.8. The number of hydrogen-bond acceptors (Lipinski definition) is 5. The number of anilines is 2. The van der Waals surface area contributed by atoms with E-state index in [2.05, 4.69) is 9.97 Å². The summed E-state index contributed by atoms with van der Waals surface area (Å²) in [6, 6.07) is 16.2. The van der Waals surface area contributed by atoms with Gasteiger partial charge >= 0.3 is 12.2 Å². The van der Waals surface area contributed by atoms with Crippen molar-refractivity contribution < 1.29 is 22.6 Å². The van der Waals surface area contributed by atoms with E-state index in [9.17, 15) is 13.2 Å². The van der Waals surface area contributed by atoms with Gasteiger partial charge in [-0.2, -0.15) is 18.2 Å². The third-order valence-corrected chi connectivity index (χ3v) is 4.75. The molecule has 1 aromatic heterocycles. The molecule has 5 nitrogen and oxygen atoms in total. The third-order valence-electron chi connectivity index (χ3n) is 4.75. The number of nitrogens with zero attached hydrogens (tertiary/aromatic N) is 3. The summed E-state index contributed by atoms with van der Waals surface area (Å²) in [5.74, 6) is 0.228. The van der Waals surface area contributed by atoms with Crippen LogP contribution >= 0.6 is 0 Å². The first-order valence-corrected chi connectivity index (χ1v) is 10.5. The van der Waals surface area contributed by atoms with E-state index in [1.807, 2.05) is 37.3 Å². The van der Waals surface area contributed by atoms with Crippen molar-refractivity contribution in [1.82, 2.24) is 9.97 Å². The zero-order chi connectivity index (χ0) is 23.0. The molecular formula is C24H26F3N3O2. The van der Waals surface area contributed by atoms with Crippen LogP contribution in [0.25, 0.3) is 0 Å². The van der Waals surface area contributed by atoms with E-state index in [0.29, 0.717) is 18.0 Å². The van der Waals surface area contributed by atoms with Crippen LogP contribution in [0.2, 0.25) is 0 Å². The van der Waals surface area contributed by atoms with Crippen LogP contribution in [-0.4, -0.2) is 23.1 Å². The van der Waals surface area contributed by atoms with Gasteiger partial charge in [0.05, 0.1) is 12.3 Å². The summed E-state index contributed by atoms with van der Waals surface area (Å²) in [5.41, 5.74) is 0.429. The van der Waals surface area contributed by atoms with Gasteiger partial charge in [-0.1, -0.05) is 55.8 Å². The van der Waals surface area contributed by atoms with Crippen LogP contribution < -0.4 is 14.4 Å². The first-order valence-electron chi connectivity index (χ1n) is 10.5. The molecule has 0 bridgehead atoms. The second kappa shape index (κ2) is 10.8. The van der Waals surface area contributed by atoms with E-state index in [1.165, 1.54) is 4.90 Å². The summed E-state index contributed by atoms with van der Waals surface area (Å²) >= 11 is 0. The molecule has 3 aromatic rings. The third kappa shape index (κ3) is 5.90. The summed E-state index contributed by atoms with van der Waals surface area (Å²) < 4.78 is 52.9. The van der Waals surface area contributed by atoms with Crippen LogP contribution in [0.5, 0.6) is 11.8 Å². The molecule has 0 N–H and O–H groups in total. The molecule has 0 aliphatic rings. The Kier molecular flexibility index (Phi) is 7.92. The monoisotopic (exact) mass is 445 g/mol. The molecule has 0 aliphatic heterocycles. The molecule has 1 heterocycles. The first kappa shape index (κ1) is 23.4. The first-order chi connectivity index (χ1) is 15.4. The van der Waals surface area contributed by atoms with E-state index in [-0.39, 0.29) is 25.0 Å². The molecule has 0 atom stereocenters. The van der Waals surface area contributed by atoms with Crippen molar-refractivity contribution in [1.29, 1.82) is 0 Å². The normalized spacial score (nSPS) is 11.3. The van der Waals surface area contributed by atoms with Gasteiger partial charge in [-0.05, 0) is 31.0 Å². The van der Waals surface area contributed by atoms with Gasteiger partial charge < -0.3 is 14.4 Å². The lowest BCUT2D eigenvalue weighted by Gasteiger charge is -2.27. The highest BCUT2D eigenvalue weighted by Gasteiger charge is 2.37. The van der Waals surface area contributed by atoms with Gasteiger partial charge in [0.25, 0.3) is 0 Å². The van der Waals surface area contributed by atoms with E-state index < -0.39 is 11.7 Å². The Hall–Kier alpha value is -3.29. The SMILES string of the molecule is CCCCOc1ccccc1N(CC)c1nc(OCc2ccccc2)ncc1C(F)(F)F. The van der Waals surface area contributed by atoms with Crippen molar-refractivity contribution >= 4 is 11.5 Å². The highest BCUT2D eigenvalue weighted by atomic mass is 19.4. The van der Waals surface area contributed by atoms with Crippen molar-refractivity contribution in [2.24, 2.45) is 0 Å². The average molecular weight is 445 g/mol. The zero-order valence-electron chi connectivity index (χ0n) is 18.1. The Morgan fingerprint density at radius 3 is 2.34 bits per heavy atom. The van der Waals surface area contributed by atoms with E-state index in [0.717, 1.165) is 24.6 Å². The summed E-state index contributed by atoms with van der Waals surface area (Å²) in [7, 11) is 0. The predicted octanol–water partition coefficient (Wildman–Crippen LogP) is 6.41. The number of aromatic nitrogens is 2. The minimum Gasteiger partial charge on any atom is -0.491 e. The fourth-order valence-electron chi connectivity index (χ4n) is 3.12. The molecule has 3 rings (SSSR count). The summed E-state index contributed by atoms with van der Waals surface area (Å²) in [6.07, 6.45) is -2.06. The number of halogens is 3. The number of benzene rings is 2. The van der Waals surface area contributed by atoms with E-state index in [4.69, 9.17) is 9.47 Å². The molecule has 0 fully saturated rings. The van der Waals surface area contributed by atoms with Crippen LogP contribution in [0.1, 0.15) is 37.8 Å². The number of hydrogen-bond donors (Lipinski definition) is 0. The summed E-state index contributed by atoms with van der Waals surface area (Å²) in [4.78, 5) is 9.43. The molecule has 2 aromatic carbocycles. The minimum absolute atomic E-state index is 0.125. The van der Waals surface area contributed by atoms with Crippen molar-refractivity contribution in [3.05, 3.63) is 71.9 Å². The Morgan fingerprint density at radius 1 is 0.938 bits per heavy atom. The minimum atomic E-state index is -4.63. The van der Waals surface area contributed by atoms with Crippen molar-refractivity contribution in [2.45, 2.75) is 39.5 Å². The predicted molar refractivity (Wildman–Crippen MR) is 117 cm³/mol. The quantitative estimate of drug-likeness (QED) is 0.338. The average Bonchev–Trinajstić information content (AvgIpc) is 2.79. The lowest BCUT2D eigenvalue weighted by atomic mass is 10.2. The van der Waals surface area contributed by atoms with Crippen molar-refractivity contribution in [3.63, 3.8) is 0 Å². The molecule has 8 heteroatoms. The Bertz CT molecular complexity index is 997. The largest absolute Gasteiger partial charge is 0.491 e. The lowest BCUT2D eigenvalue weighted by Crippen LogP contribution is -2.23. The number of rotatable bonds is 10. The van der Waals surface area contributed by atoms with Crippen LogP contribution in [0, 0.1) is 0 Å². The van der Waals surface area contributed by atoms with Crippen molar-refractivity contribution in [2.75, 3.05) is 18.1 Å². The summed E-state index contributed by atoms with van der Waals surface area (Å²) in [5, 5.41) is 0. The maximum absolute atomic E-state index is 13.8. The highest BCUT2D eigenvalue weighted by molar-refractivity contribution is 5.69. The molecule has 0 saturated carbocycles. The lowest BCUT2D eigenvalue weighted by molar-refractivity contribution is -0.137. The molecule has 0 aliphatic carbocycles. The van der Waals surface area contributed by atoms with Crippen molar-refractivity contribution in [3.8, 4) is 11.8 Å². The van der Waals surface area contributed by atoms with Gasteiger partial charge in [0.2, 0.25) is 0 Å². The fourth-order valence-corrected chi connectivity index (χ4v) is 3.12. The number of unbranched alkanes of at least 4 members (excludes halogenated alkanes) is 1. The maximum Gasteiger partial charge on any atom is 0.421 e. The molecule has 0 amide bonds. The van der Waals surface area contributed by atoms with Gasteiger partial charge in [0.1, 0.15) is 17.9 Å². The van der Waals surface area contributed by atoms with E-state index in [1.54, 1.807) is 31.2 Å². The fraction of sp³-hybridized carbons (Fsp3) is 0.333. The summed E-state index contributed by atoms with van der Waals surface area (Å²) in [6.45, 7) is 4.67. The standard InChI is InChI=1S/C24H26F3N3O2/c1-3-5-15-31-21-14-10-9-13-20(21)30(4-2)22-19(24(25,26)27)16-28-23(29-22)32-17-18-11-7-6-8-12-18/h6-14,16H,3-5,15,17H2,1-2H3. The molecule has 0 unspecified atom stereocenters. The molecule has 0 radical (unpaired) electrons. The van der Waals surface area contributed by atoms with Gasteiger partial charge in [-0.3, -0.25) is 0 Å². The molecule has 32 heavy (non-hydrogen) atoms. The van der Waals surface area contributed by atoms with Crippen LogP contribution in [0.4, 0.5) is 24.7 Å². The Labute approximate surface area is 185 Å². The molecule has 170 valence electrons. The molecular weight excluding hydrogens is 419 g/mol.